The van der Waals surface area contributed by atoms with Crippen LogP contribution in [0.25, 0.3) is 5.65 Å². The standard InChI is InChI=1S/C21H24N4O4/c1-13-5-19-22-14(6-20(27)25(19)23-13)8-24-9-17-16-4-3-15(28-2)7-18(16)29-12-21(17,10-24)11-26/h3-7,17,23,26H,8-12H2,1-2H3. The molecule has 2 unspecified atom stereocenters. The summed E-state index contributed by atoms with van der Waals surface area (Å²) in [6.07, 6.45) is 0. The number of rotatable bonds is 4. The Bertz CT molecular complexity index is 1140. The molecule has 0 spiro atoms. The molecule has 2 atom stereocenters. The predicted molar refractivity (Wildman–Crippen MR) is 107 cm³/mol. The second-order valence-electron chi connectivity index (χ2n) is 8.15. The van der Waals surface area contributed by atoms with Crippen LogP contribution in [0.1, 0.15) is 22.9 Å². The average molecular weight is 396 g/mol. The van der Waals surface area contributed by atoms with Gasteiger partial charge in [0.1, 0.15) is 11.5 Å². The number of likely N-dealkylation sites (tertiary alicyclic amines) is 1. The third kappa shape index (κ3) is 2.90. The number of aryl methyl sites for hydroxylation is 1. The Morgan fingerprint density at radius 2 is 2.24 bits per heavy atom. The fourth-order valence-electron chi connectivity index (χ4n) is 4.72. The smallest absolute Gasteiger partial charge is 0.272 e. The summed E-state index contributed by atoms with van der Waals surface area (Å²) in [6.45, 7) is 4.42. The molecule has 0 bridgehead atoms. The Morgan fingerprint density at radius 1 is 1.38 bits per heavy atom. The lowest BCUT2D eigenvalue weighted by molar-refractivity contribution is 0.0455. The Labute approximate surface area is 167 Å². The van der Waals surface area contributed by atoms with Gasteiger partial charge in [-0.3, -0.25) is 14.8 Å². The lowest BCUT2D eigenvalue weighted by Gasteiger charge is -2.38. The van der Waals surface area contributed by atoms with Crippen molar-refractivity contribution in [1.82, 2.24) is 19.5 Å². The Balaban J connectivity index is 1.44. The van der Waals surface area contributed by atoms with Crippen LogP contribution >= 0.6 is 0 Å². The van der Waals surface area contributed by atoms with Crippen LogP contribution in [0.2, 0.25) is 0 Å². The number of ether oxygens (including phenoxy) is 2. The van der Waals surface area contributed by atoms with E-state index in [1.165, 1.54) is 4.52 Å². The van der Waals surface area contributed by atoms with Gasteiger partial charge >= 0.3 is 0 Å². The number of hydrogen-bond acceptors (Lipinski definition) is 6. The number of benzene rings is 1. The van der Waals surface area contributed by atoms with Gasteiger partial charge in [0.05, 0.1) is 26.0 Å². The number of H-pyrrole nitrogens is 1. The summed E-state index contributed by atoms with van der Waals surface area (Å²) in [5.41, 5.74) is 2.87. The molecule has 0 aliphatic carbocycles. The van der Waals surface area contributed by atoms with Gasteiger partial charge in [-0.05, 0) is 18.6 Å². The molecule has 2 aromatic heterocycles. The largest absolute Gasteiger partial charge is 0.497 e. The van der Waals surface area contributed by atoms with Crippen LogP contribution in [0, 0.1) is 12.3 Å². The molecule has 1 fully saturated rings. The molecular formula is C21H24N4O4. The van der Waals surface area contributed by atoms with Gasteiger partial charge in [-0.15, -0.1) is 0 Å². The second-order valence-corrected chi connectivity index (χ2v) is 8.15. The van der Waals surface area contributed by atoms with Gasteiger partial charge in [-0.25, -0.2) is 9.50 Å². The molecule has 1 saturated heterocycles. The van der Waals surface area contributed by atoms with Gasteiger partial charge in [-0.2, -0.15) is 0 Å². The SMILES string of the molecule is COc1ccc2c(c1)OCC1(CO)CN(Cc3cc(=O)n4[nH]c(C)cc4n3)CC21. The average Bonchev–Trinajstić information content (AvgIpc) is 3.28. The van der Waals surface area contributed by atoms with Gasteiger partial charge in [-0.1, -0.05) is 6.07 Å². The van der Waals surface area contributed by atoms with Gasteiger partial charge in [0.2, 0.25) is 0 Å². The number of aromatic nitrogens is 3. The first-order chi connectivity index (χ1) is 14.0. The summed E-state index contributed by atoms with van der Waals surface area (Å²) in [5.74, 6) is 1.73. The van der Waals surface area contributed by atoms with Crippen LogP contribution in [0.5, 0.6) is 11.5 Å². The maximum atomic E-state index is 12.4. The highest BCUT2D eigenvalue weighted by Crippen LogP contribution is 2.50. The molecular weight excluding hydrogens is 372 g/mol. The van der Waals surface area contributed by atoms with Crippen molar-refractivity contribution < 1.29 is 14.6 Å². The quantitative estimate of drug-likeness (QED) is 0.691. The van der Waals surface area contributed by atoms with Crippen LogP contribution in [-0.4, -0.2) is 58.0 Å². The van der Waals surface area contributed by atoms with E-state index in [0.29, 0.717) is 25.3 Å². The summed E-state index contributed by atoms with van der Waals surface area (Å²) in [5, 5.41) is 13.2. The zero-order chi connectivity index (χ0) is 20.2. The van der Waals surface area contributed by atoms with E-state index in [-0.39, 0.29) is 23.5 Å². The highest BCUT2D eigenvalue weighted by atomic mass is 16.5. The van der Waals surface area contributed by atoms with E-state index in [4.69, 9.17) is 9.47 Å². The van der Waals surface area contributed by atoms with E-state index < -0.39 is 0 Å². The lowest BCUT2D eigenvalue weighted by Crippen LogP contribution is -2.42. The summed E-state index contributed by atoms with van der Waals surface area (Å²) in [4.78, 5) is 19.3. The minimum atomic E-state index is -0.356. The van der Waals surface area contributed by atoms with Crippen molar-refractivity contribution in [3.63, 3.8) is 0 Å². The minimum Gasteiger partial charge on any atom is -0.497 e. The first-order valence-corrected chi connectivity index (χ1v) is 9.73. The predicted octanol–water partition coefficient (Wildman–Crippen LogP) is 1.31. The van der Waals surface area contributed by atoms with Crippen molar-refractivity contribution >= 4 is 5.65 Å². The summed E-state index contributed by atoms with van der Waals surface area (Å²) >= 11 is 0. The number of methoxy groups -OCH3 is 1. The molecule has 3 aromatic rings. The van der Waals surface area contributed by atoms with E-state index >= 15 is 0 Å². The first-order valence-electron chi connectivity index (χ1n) is 9.73. The van der Waals surface area contributed by atoms with Crippen LogP contribution in [0.15, 0.2) is 35.1 Å². The third-order valence-corrected chi connectivity index (χ3v) is 6.16. The lowest BCUT2D eigenvalue weighted by atomic mass is 9.74. The molecule has 29 heavy (non-hydrogen) atoms. The number of nitrogens with one attached hydrogen (secondary N) is 1. The van der Waals surface area contributed by atoms with Crippen LogP contribution < -0.4 is 15.0 Å². The normalized spacial score (nSPS) is 23.6. The van der Waals surface area contributed by atoms with Crippen molar-refractivity contribution in [3.8, 4) is 11.5 Å². The number of aliphatic hydroxyl groups is 1. The Kier molecular flexibility index (Phi) is 4.15. The van der Waals surface area contributed by atoms with Crippen LogP contribution in [0.3, 0.4) is 0 Å². The van der Waals surface area contributed by atoms with Gasteiger partial charge in [0.15, 0.2) is 5.65 Å². The minimum absolute atomic E-state index is 0.0474. The molecule has 8 heteroatoms. The van der Waals surface area contributed by atoms with Crippen molar-refractivity contribution in [3.05, 3.63) is 57.6 Å². The third-order valence-electron chi connectivity index (χ3n) is 6.16. The number of nitrogens with zero attached hydrogens (tertiary/aromatic N) is 3. The summed E-state index contributed by atoms with van der Waals surface area (Å²) in [7, 11) is 1.64. The molecule has 152 valence electrons. The molecule has 0 amide bonds. The van der Waals surface area contributed by atoms with E-state index in [9.17, 15) is 9.90 Å². The van der Waals surface area contributed by atoms with Crippen molar-refractivity contribution in [2.24, 2.45) is 5.41 Å². The number of hydrogen-bond donors (Lipinski definition) is 2. The highest BCUT2D eigenvalue weighted by Gasteiger charge is 2.50. The molecule has 8 nitrogen and oxygen atoms in total. The Hall–Kier alpha value is -2.84. The molecule has 2 aliphatic heterocycles. The Morgan fingerprint density at radius 3 is 3.03 bits per heavy atom. The number of aliphatic hydroxyl groups excluding tert-OH is 1. The first kappa shape index (κ1) is 18.2. The molecule has 1 aromatic carbocycles. The second kappa shape index (κ2) is 6.60. The van der Waals surface area contributed by atoms with Crippen LogP contribution in [0.4, 0.5) is 0 Å². The molecule has 4 heterocycles. The molecule has 5 rings (SSSR count). The monoisotopic (exact) mass is 396 g/mol. The van der Waals surface area contributed by atoms with Crippen molar-refractivity contribution in [2.75, 3.05) is 33.4 Å². The molecule has 2 aliphatic rings. The highest BCUT2D eigenvalue weighted by molar-refractivity contribution is 5.46. The van der Waals surface area contributed by atoms with E-state index in [1.807, 2.05) is 31.2 Å². The number of fused-ring (bicyclic) bond motifs is 4. The fourth-order valence-corrected chi connectivity index (χ4v) is 4.72. The molecule has 0 radical (unpaired) electrons. The van der Waals surface area contributed by atoms with E-state index in [1.54, 1.807) is 13.2 Å². The van der Waals surface area contributed by atoms with E-state index in [0.717, 1.165) is 35.0 Å². The molecule has 2 N–H and O–H groups in total. The topological polar surface area (TPSA) is 92.1 Å². The molecule has 0 saturated carbocycles. The zero-order valence-corrected chi connectivity index (χ0v) is 16.5. The fraction of sp³-hybridized carbons (Fsp3) is 0.429. The van der Waals surface area contributed by atoms with E-state index in [2.05, 4.69) is 15.0 Å². The van der Waals surface area contributed by atoms with Crippen molar-refractivity contribution in [1.29, 1.82) is 0 Å². The zero-order valence-electron chi connectivity index (χ0n) is 16.5. The van der Waals surface area contributed by atoms with Gasteiger partial charge in [0, 0.05) is 54.9 Å². The van der Waals surface area contributed by atoms with Gasteiger partial charge < -0.3 is 14.6 Å². The van der Waals surface area contributed by atoms with Gasteiger partial charge in [0.25, 0.3) is 5.56 Å². The summed E-state index contributed by atoms with van der Waals surface area (Å²) in [6, 6.07) is 9.31. The van der Waals surface area contributed by atoms with Crippen molar-refractivity contribution in [2.45, 2.75) is 19.4 Å². The maximum absolute atomic E-state index is 12.4. The van der Waals surface area contributed by atoms with Crippen LogP contribution in [-0.2, 0) is 6.54 Å². The summed E-state index contributed by atoms with van der Waals surface area (Å²) < 4.78 is 12.8. The number of aromatic amines is 1. The maximum Gasteiger partial charge on any atom is 0.272 e.